The fourth-order valence-electron chi connectivity index (χ4n) is 2.31. The van der Waals surface area contributed by atoms with E-state index in [0.29, 0.717) is 5.56 Å². The molecule has 132 valence electrons. The van der Waals surface area contributed by atoms with Gasteiger partial charge in [-0.15, -0.1) is 23.4 Å². The van der Waals surface area contributed by atoms with E-state index in [2.05, 4.69) is 19.9 Å². The summed E-state index contributed by atoms with van der Waals surface area (Å²) in [7, 11) is 0. The normalized spacial score (nSPS) is 12.6. The van der Waals surface area contributed by atoms with Crippen LogP contribution in [0, 0.1) is 6.92 Å². The molecule has 5 nitrogen and oxygen atoms in total. The summed E-state index contributed by atoms with van der Waals surface area (Å²) in [6.45, 7) is 1.38. The number of ether oxygens (including phenoxy) is 1. The predicted molar refractivity (Wildman–Crippen MR) is 72.6 cm³/mol. The van der Waals surface area contributed by atoms with Crippen molar-refractivity contribution in [2.75, 3.05) is 0 Å². The Morgan fingerprint density at radius 3 is 2.16 bits per heavy atom. The highest BCUT2D eigenvalue weighted by atomic mass is 19.4. The SMILES string of the molecule is Cc1c(-c2ccc(OC(F)(F)F)cc2)ncc2nnc(C(F)(F)F)n12. The fourth-order valence-corrected chi connectivity index (χ4v) is 2.31. The van der Waals surface area contributed by atoms with Gasteiger partial charge in [-0.1, -0.05) is 0 Å². The molecule has 3 rings (SSSR count). The first-order chi connectivity index (χ1) is 11.6. The molecular weight excluding hydrogens is 354 g/mol. The predicted octanol–water partition coefficient (Wildman–Crippen LogP) is 4.02. The van der Waals surface area contributed by atoms with Crippen LogP contribution in [0.4, 0.5) is 26.3 Å². The largest absolute Gasteiger partial charge is 0.573 e. The van der Waals surface area contributed by atoms with Gasteiger partial charge in [-0.25, -0.2) is 0 Å². The molecular formula is C14H8F6N4O. The Bertz CT molecular complexity index is 914. The van der Waals surface area contributed by atoms with Crippen LogP contribution >= 0.6 is 0 Å². The van der Waals surface area contributed by atoms with E-state index >= 15 is 0 Å². The van der Waals surface area contributed by atoms with Crippen LogP contribution in [0.2, 0.25) is 0 Å². The van der Waals surface area contributed by atoms with Crippen molar-refractivity contribution in [1.82, 2.24) is 19.6 Å². The van der Waals surface area contributed by atoms with E-state index in [1.165, 1.54) is 19.1 Å². The Balaban J connectivity index is 2.06. The topological polar surface area (TPSA) is 52.3 Å². The van der Waals surface area contributed by atoms with Crippen molar-refractivity contribution in [3.8, 4) is 17.0 Å². The Kier molecular flexibility index (Phi) is 3.81. The third-order valence-corrected chi connectivity index (χ3v) is 3.29. The van der Waals surface area contributed by atoms with Crippen molar-refractivity contribution in [3.05, 3.63) is 42.0 Å². The van der Waals surface area contributed by atoms with Crippen molar-refractivity contribution in [2.24, 2.45) is 0 Å². The molecule has 0 aliphatic heterocycles. The van der Waals surface area contributed by atoms with E-state index in [1.807, 2.05) is 0 Å². The molecule has 0 aliphatic rings. The maximum Gasteiger partial charge on any atom is 0.573 e. The number of hydrogen-bond acceptors (Lipinski definition) is 4. The van der Waals surface area contributed by atoms with E-state index in [-0.39, 0.29) is 17.0 Å². The average Bonchev–Trinajstić information content (AvgIpc) is 2.92. The highest BCUT2D eigenvalue weighted by molar-refractivity contribution is 5.64. The lowest BCUT2D eigenvalue weighted by Crippen LogP contribution is -2.17. The lowest BCUT2D eigenvalue weighted by molar-refractivity contribution is -0.274. The minimum Gasteiger partial charge on any atom is -0.406 e. The van der Waals surface area contributed by atoms with Crippen LogP contribution in [0.1, 0.15) is 11.5 Å². The number of aryl methyl sites for hydroxylation is 1. The molecule has 0 fully saturated rings. The number of aromatic nitrogens is 4. The molecule has 1 aromatic carbocycles. The quantitative estimate of drug-likeness (QED) is 0.647. The summed E-state index contributed by atoms with van der Waals surface area (Å²) in [5.74, 6) is -1.66. The van der Waals surface area contributed by atoms with E-state index in [9.17, 15) is 26.3 Å². The molecule has 0 radical (unpaired) electrons. The number of nitrogens with zero attached hydrogens (tertiary/aromatic N) is 4. The number of benzene rings is 1. The molecule has 0 saturated heterocycles. The van der Waals surface area contributed by atoms with E-state index in [1.54, 1.807) is 0 Å². The molecule has 0 saturated carbocycles. The first kappa shape index (κ1) is 17.0. The number of hydrogen-bond donors (Lipinski definition) is 0. The lowest BCUT2D eigenvalue weighted by atomic mass is 10.1. The van der Waals surface area contributed by atoms with Gasteiger partial charge in [0.05, 0.1) is 11.9 Å². The second kappa shape index (κ2) is 5.60. The Labute approximate surface area is 135 Å². The molecule has 3 aromatic rings. The number of fused-ring (bicyclic) bond motifs is 1. The molecule has 0 amide bonds. The summed E-state index contributed by atoms with van der Waals surface area (Å²) >= 11 is 0. The van der Waals surface area contributed by atoms with Gasteiger partial charge in [0.15, 0.2) is 5.65 Å². The smallest absolute Gasteiger partial charge is 0.406 e. The van der Waals surface area contributed by atoms with Crippen molar-refractivity contribution in [2.45, 2.75) is 19.5 Å². The molecule has 0 spiro atoms. The van der Waals surface area contributed by atoms with Gasteiger partial charge < -0.3 is 4.74 Å². The maximum absolute atomic E-state index is 13.0. The van der Waals surface area contributed by atoms with Crippen molar-refractivity contribution in [3.63, 3.8) is 0 Å². The van der Waals surface area contributed by atoms with Gasteiger partial charge in [-0.3, -0.25) is 9.38 Å². The molecule has 0 N–H and O–H groups in total. The lowest BCUT2D eigenvalue weighted by Gasteiger charge is -2.12. The first-order valence-electron chi connectivity index (χ1n) is 6.70. The second-order valence-electron chi connectivity index (χ2n) is 4.98. The van der Waals surface area contributed by atoms with Gasteiger partial charge in [0.2, 0.25) is 5.82 Å². The van der Waals surface area contributed by atoms with E-state index in [4.69, 9.17) is 0 Å². The van der Waals surface area contributed by atoms with Gasteiger partial charge >= 0.3 is 12.5 Å². The van der Waals surface area contributed by atoms with Crippen LogP contribution < -0.4 is 4.74 Å². The molecule has 0 atom stereocenters. The summed E-state index contributed by atoms with van der Waals surface area (Å²) in [6.07, 6.45) is -8.45. The second-order valence-corrected chi connectivity index (χ2v) is 4.98. The third-order valence-electron chi connectivity index (χ3n) is 3.29. The highest BCUT2D eigenvalue weighted by Gasteiger charge is 2.37. The van der Waals surface area contributed by atoms with Crippen LogP contribution in [0.3, 0.4) is 0 Å². The molecule has 0 unspecified atom stereocenters. The van der Waals surface area contributed by atoms with Crippen LogP contribution in [0.5, 0.6) is 5.75 Å². The summed E-state index contributed by atoms with van der Waals surface area (Å²) in [5, 5.41) is 6.54. The van der Waals surface area contributed by atoms with Crippen LogP contribution in [0.25, 0.3) is 16.9 Å². The molecule has 25 heavy (non-hydrogen) atoms. The van der Waals surface area contributed by atoms with Crippen LogP contribution in [0.15, 0.2) is 30.5 Å². The number of alkyl halides is 6. The highest BCUT2D eigenvalue weighted by Crippen LogP contribution is 2.31. The molecule has 0 bridgehead atoms. The fraction of sp³-hybridized carbons (Fsp3) is 0.214. The van der Waals surface area contributed by atoms with Gasteiger partial charge in [0.25, 0.3) is 0 Å². The maximum atomic E-state index is 13.0. The summed E-state index contributed by atoms with van der Waals surface area (Å²) in [5.41, 5.74) is 0.469. The van der Waals surface area contributed by atoms with Gasteiger partial charge in [0, 0.05) is 11.3 Å². The summed E-state index contributed by atoms with van der Waals surface area (Å²) in [6, 6.07) is 4.62. The Morgan fingerprint density at radius 2 is 1.60 bits per heavy atom. The number of halogens is 6. The van der Waals surface area contributed by atoms with Crippen molar-refractivity contribution >= 4 is 5.65 Å². The molecule has 11 heteroatoms. The molecule has 2 aromatic heterocycles. The Hall–Kier alpha value is -2.85. The van der Waals surface area contributed by atoms with Crippen molar-refractivity contribution in [1.29, 1.82) is 0 Å². The van der Waals surface area contributed by atoms with Crippen LogP contribution in [-0.2, 0) is 6.18 Å². The zero-order valence-corrected chi connectivity index (χ0v) is 12.4. The van der Waals surface area contributed by atoms with E-state index < -0.39 is 24.1 Å². The molecule has 0 aliphatic carbocycles. The average molecular weight is 362 g/mol. The third kappa shape index (κ3) is 3.35. The first-order valence-corrected chi connectivity index (χ1v) is 6.70. The van der Waals surface area contributed by atoms with Gasteiger partial charge in [-0.2, -0.15) is 13.2 Å². The Morgan fingerprint density at radius 1 is 0.960 bits per heavy atom. The summed E-state index contributed by atoms with van der Waals surface area (Å²) in [4.78, 5) is 4.02. The zero-order chi connectivity index (χ0) is 18.4. The number of rotatable bonds is 2. The monoisotopic (exact) mass is 362 g/mol. The van der Waals surface area contributed by atoms with Gasteiger partial charge in [-0.05, 0) is 31.2 Å². The minimum absolute atomic E-state index is 0.0920. The zero-order valence-electron chi connectivity index (χ0n) is 12.4. The van der Waals surface area contributed by atoms with Crippen LogP contribution in [-0.4, -0.2) is 25.9 Å². The standard InChI is InChI=1S/C14H8F6N4O/c1-7-11(8-2-4-9(5-3-8)25-14(18,19)20)21-6-10-22-23-12(24(7)10)13(15,16)17/h2-6H,1H3. The minimum atomic E-state index is -4.83. The van der Waals surface area contributed by atoms with Gasteiger partial charge in [0.1, 0.15) is 5.75 Å². The van der Waals surface area contributed by atoms with Crippen molar-refractivity contribution < 1.29 is 31.1 Å². The molecule has 2 heterocycles. The van der Waals surface area contributed by atoms with E-state index in [0.717, 1.165) is 22.7 Å². The summed E-state index contributed by atoms with van der Waals surface area (Å²) < 4.78 is 80.1.